The van der Waals surface area contributed by atoms with Crippen molar-refractivity contribution in [2.24, 2.45) is 0 Å². The third-order valence-electron chi connectivity index (χ3n) is 3.77. The van der Waals surface area contributed by atoms with Gasteiger partial charge in [0.05, 0.1) is 17.5 Å². The van der Waals surface area contributed by atoms with Crippen LogP contribution in [0.1, 0.15) is 24.6 Å². The molecule has 3 N–H and O–H groups in total. The Morgan fingerprint density at radius 2 is 2.08 bits per heavy atom. The van der Waals surface area contributed by atoms with Crippen molar-refractivity contribution in [3.05, 3.63) is 46.7 Å². The summed E-state index contributed by atoms with van der Waals surface area (Å²) in [5.74, 6) is -0.0269. The van der Waals surface area contributed by atoms with Gasteiger partial charge in [-0.15, -0.1) is 11.3 Å². The summed E-state index contributed by atoms with van der Waals surface area (Å²) in [6, 6.07) is 10.8. The molecule has 0 radical (unpaired) electrons. The number of benzene rings is 1. The number of aromatic nitrogens is 2. The maximum atomic E-state index is 12.5. The number of carbonyl (C=O) groups is 2. The van der Waals surface area contributed by atoms with Crippen LogP contribution in [-0.2, 0) is 16.0 Å². The summed E-state index contributed by atoms with van der Waals surface area (Å²) in [5.41, 5.74) is 1.64. The van der Waals surface area contributed by atoms with E-state index in [9.17, 15) is 9.59 Å². The van der Waals surface area contributed by atoms with Crippen LogP contribution in [0.4, 0.5) is 5.95 Å². The second kappa shape index (κ2) is 7.94. The van der Waals surface area contributed by atoms with E-state index in [-0.39, 0.29) is 18.2 Å². The molecule has 0 fully saturated rings. The maximum Gasteiger partial charge on any atom is 0.249 e. The van der Waals surface area contributed by atoms with Crippen molar-refractivity contribution in [3.63, 3.8) is 0 Å². The van der Waals surface area contributed by atoms with Crippen LogP contribution in [0, 0.1) is 0 Å². The van der Waals surface area contributed by atoms with Crippen molar-refractivity contribution in [3.8, 4) is 0 Å². The molecule has 1 atom stereocenters. The van der Waals surface area contributed by atoms with Crippen LogP contribution in [-0.4, -0.2) is 27.8 Å². The number of hydrogen-bond acceptors (Lipinski definition) is 4. The van der Waals surface area contributed by atoms with Crippen LogP contribution in [0.5, 0.6) is 0 Å². The first-order chi connectivity index (χ1) is 12.2. The number of fused-ring (bicyclic) bond motifs is 1. The number of carbonyl (C=O) groups excluding carboxylic acids is 2. The fourth-order valence-corrected chi connectivity index (χ4v) is 3.29. The molecule has 0 aliphatic heterocycles. The second-order valence-corrected chi connectivity index (χ2v) is 6.79. The summed E-state index contributed by atoms with van der Waals surface area (Å²) in [4.78, 5) is 33.1. The lowest BCUT2D eigenvalue weighted by atomic mass is 10.1. The zero-order valence-corrected chi connectivity index (χ0v) is 14.7. The van der Waals surface area contributed by atoms with Crippen molar-refractivity contribution < 1.29 is 9.59 Å². The Balaban J connectivity index is 1.64. The third-order valence-corrected chi connectivity index (χ3v) is 4.65. The van der Waals surface area contributed by atoms with Gasteiger partial charge in [-0.3, -0.25) is 14.9 Å². The smallest absolute Gasteiger partial charge is 0.249 e. The largest absolute Gasteiger partial charge is 0.344 e. The van der Waals surface area contributed by atoms with Gasteiger partial charge in [0.25, 0.3) is 0 Å². The topological polar surface area (TPSA) is 86.9 Å². The molecule has 0 aliphatic rings. The first-order valence-corrected chi connectivity index (χ1v) is 9.11. The lowest BCUT2D eigenvalue weighted by Gasteiger charge is -2.16. The van der Waals surface area contributed by atoms with E-state index in [1.807, 2.05) is 48.7 Å². The number of H-pyrrole nitrogens is 1. The molecule has 7 heteroatoms. The quantitative estimate of drug-likeness (QED) is 0.608. The Kier molecular flexibility index (Phi) is 5.45. The molecule has 3 rings (SSSR count). The molecule has 130 valence electrons. The summed E-state index contributed by atoms with van der Waals surface area (Å²) >= 11 is 1.53. The minimum Gasteiger partial charge on any atom is -0.344 e. The fraction of sp³-hybridized carbons (Fsp3) is 0.278. The van der Waals surface area contributed by atoms with Crippen LogP contribution in [0.3, 0.4) is 0 Å². The number of hydrogen-bond donors (Lipinski definition) is 3. The van der Waals surface area contributed by atoms with Gasteiger partial charge in [-0.25, -0.2) is 4.98 Å². The number of nitrogens with zero attached hydrogens (tertiary/aromatic N) is 1. The van der Waals surface area contributed by atoms with Gasteiger partial charge in [0, 0.05) is 4.88 Å². The summed E-state index contributed by atoms with van der Waals surface area (Å²) in [6.07, 6.45) is 1.65. The number of aromatic amines is 1. The Labute approximate surface area is 149 Å². The molecule has 0 saturated carbocycles. The Morgan fingerprint density at radius 3 is 2.80 bits per heavy atom. The van der Waals surface area contributed by atoms with Crippen molar-refractivity contribution in [1.82, 2.24) is 15.3 Å². The Bertz CT molecular complexity index is 824. The van der Waals surface area contributed by atoms with Crippen LogP contribution in [0.2, 0.25) is 0 Å². The average molecular weight is 356 g/mol. The Hall–Kier alpha value is -2.67. The Morgan fingerprint density at radius 1 is 1.24 bits per heavy atom. The summed E-state index contributed by atoms with van der Waals surface area (Å²) in [5, 5.41) is 7.52. The molecule has 25 heavy (non-hydrogen) atoms. The molecule has 1 unspecified atom stereocenters. The number of para-hydroxylation sites is 2. The van der Waals surface area contributed by atoms with E-state index >= 15 is 0 Å². The number of rotatable bonds is 7. The molecule has 0 bridgehead atoms. The fourth-order valence-electron chi connectivity index (χ4n) is 2.59. The molecule has 3 aromatic rings. The third kappa shape index (κ3) is 4.45. The summed E-state index contributed by atoms with van der Waals surface area (Å²) < 4.78 is 0. The zero-order chi connectivity index (χ0) is 17.6. The van der Waals surface area contributed by atoms with Crippen molar-refractivity contribution >= 4 is 40.1 Å². The number of imidazole rings is 1. The van der Waals surface area contributed by atoms with Gasteiger partial charge < -0.3 is 10.3 Å². The number of anilines is 1. The first-order valence-electron chi connectivity index (χ1n) is 8.23. The van der Waals surface area contributed by atoms with E-state index in [0.717, 1.165) is 22.3 Å². The first kappa shape index (κ1) is 17.2. The molecular weight excluding hydrogens is 336 g/mol. The predicted molar refractivity (Wildman–Crippen MR) is 99.6 cm³/mol. The molecule has 0 saturated heterocycles. The van der Waals surface area contributed by atoms with Crippen molar-refractivity contribution in [2.75, 3.05) is 5.32 Å². The average Bonchev–Trinajstić information content (AvgIpc) is 3.23. The molecule has 2 aromatic heterocycles. The van der Waals surface area contributed by atoms with Gasteiger partial charge in [0.1, 0.15) is 6.04 Å². The number of amides is 2. The molecule has 2 amide bonds. The van der Waals surface area contributed by atoms with E-state index in [0.29, 0.717) is 12.4 Å². The SMILES string of the molecule is CCCC(NC(=O)Cc1cccs1)C(=O)Nc1nc2ccccc2[nH]1. The minimum atomic E-state index is -0.578. The zero-order valence-electron chi connectivity index (χ0n) is 13.9. The number of nitrogens with one attached hydrogen (secondary N) is 3. The van der Waals surface area contributed by atoms with Gasteiger partial charge in [-0.1, -0.05) is 31.5 Å². The summed E-state index contributed by atoms with van der Waals surface area (Å²) in [7, 11) is 0. The van der Waals surface area contributed by atoms with Gasteiger partial charge in [-0.2, -0.15) is 0 Å². The highest BCUT2D eigenvalue weighted by atomic mass is 32.1. The monoisotopic (exact) mass is 356 g/mol. The highest BCUT2D eigenvalue weighted by Crippen LogP contribution is 2.14. The van der Waals surface area contributed by atoms with Gasteiger partial charge >= 0.3 is 0 Å². The van der Waals surface area contributed by atoms with E-state index < -0.39 is 6.04 Å². The predicted octanol–water partition coefficient (Wildman–Crippen LogP) is 3.09. The van der Waals surface area contributed by atoms with E-state index in [2.05, 4.69) is 20.6 Å². The van der Waals surface area contributed by atoms with E-state index in [1.165, 1.54) is 11.3 Å². The molecule has 1 aromatic carbocycles. The van der Waals surface area contributed by atoms with Crippen LogP contribution in [0.15, 0.2) is 41.8 Å². The van der Waals surface area contributed by atoms with Crippen LogP contribution >= 0.6 is 11.3 Å². The number of thiophene rings is 1. The highest BCUT2D eigenvalue weighted by Gasteiger charge is 2.21. The lowest BCUT2D eigenvalue weighted by Crippen LogP contribution is -2.44. The van der Waals surface area contributed by atoms with Crippen LogP contribution in [0.25, 0.3) is 11.0 Å². The molecule has 0 spiro atoms. The van der Waals surface area contributed by atoms with Crippen LogP contribution < -0.4 is 10.6 Å². The van der Waals surface area contributed by atoms with Gasteiger partial charge in [0.15, 0.2) is 0 Å². The lowest BCUT2D eigenvalue weighted by molar-refractivity contribution is -0.126. The highest BCUT2D eigenvalue weighted by molar-refractivity contribution is 7.10. The van der Waals surface area contributed by atoms with E-state index in [4.69, 9.17) is 0 Å². The minimum absolute atomic E-state index is 0.152. The molecule has 6 nitrogen and oxygen atoms in total. The standard InChI is InChI=1S/C18H20N4O2S/c1-2-6-15(19-16(23)11-12-7-5-10-25-12)17(24)22-18-20-13-8-3-4-9-14(13)21-18/h3-5,7-10,15H,2,6,11H2,1H3,(H,19,23)(H2,20,21,22,24). The van der Waals surface area contributed by atoms with Gasteiger partial charge in [-0.05, 0) is 30.0 Å². The summed E-state index contributed by atoms with van der Waals surface area (Å²) in [6.45, 7) is 1.98. The maximum absolute atomic E-state index is 12.5. The molecule has 2 heterocycles. The normalized spacial score (nSPS) is 12.0. The van der Waals surface area contributed by atoms with Gasteiger partial charge in [0.2, 0.25) is 17.8 Å². The molecular formula is C18H20N4O2S. The van der Waals surface area contributed by atoms with Crippen molar-refractivity contribution in [1.29, 1.82) is 0 Å². The van der Waals surface area contributed by atoms with E-state index in [1.54, 1.807) is 0 Å². The van der Waals surface area contributed by atoms with Crippen molar-refractivity contribution in [2.45, 2.75) is 32.2 Å². The molecule has 0 aliphatic carbocycles. The second-order valence-electron chi connectivity index (χ2n) is 5.76.